The van der Waals surface area contributed by atoms with Crippen LogP contribution in [0.3, 0.4) is 0 Å². The number of aliphatic carboxylic acids is 1. The van der Waals surface area contributed by atoms with Crippen LogP contribution in [0.15, 0.2) is 0 Å². The van der Waals surface area contributed by atoms with Gasteiger partial charge in [0.25, 0.3) is 0 Å². The normalized spacial score (nSPS) is 13.1. The molecule has 0 amide bonds. The van der Waals surface area contributed by atoms with E-state index in [0.717, 1.165) is 38.9 Å². The minimum atomic E-state index is -0.989. The molecule has 0 saturated heterocycles. The molecule has 1 atom stereocenters. The summed E-state index contributed by atoms with van der Waals surface area (Å²) in [6.45, 7) is 8.68. The van der Waals surface area contributed by atoms with Crippen LogP contribution in [0.1, 0.15) is 97.8 Å². The number of hydrogen-bond acceptors (Lipinski definition) is 4. The average Bonchev–Trinajstić information content (AvgIpc) is 2.64. The summed E-state index contributed by atoms with van der Waals surface area (Å²) >= 11 is 0. The Morgan fingerprint density at radius 1 is 0.885 bits per heavy atom. The Balaban J connectivity index is 3.86. The van der Waals surface area contributed by atoms with E-state index in [4.69, 9.17) is 0 Å². The second-order valence-corrected chi connectivity index (χ2v) is 7.81. The van der Waals surface area contributed by atoms with Gasteiger partial charge in [-0.1, -0.05) is 71.1 Å². The molecule has 0 aliphatic carbocycles. The van der Waals surface area contributed by atoms with Gasteiger partial charge in [0.05, 0.1) is 25.6 Å². The summed E-state index contributed by atoms with van der Waals surface area (Å²) in [7, 11) is 0. The first kappa shape index (κ1) is 25.4. The topological polar surface area (TPSA) is 72.4 Å². The molecule has 2 N–H and O–H groups in total. The van der Waals surface area contributed by atoms with Crippen molar-refractivity contribution < 1.29 is 19.6 Å². The molecule has 0 aliphatic rings. The first-order valence-electron chi connectivity index (χ1n) is 11.0. The molecule has 1 unspecified atom stereocenters. The van der Waals surface area contributed by atoms with E-state index in [1.165, 1.54) is 57.8 Å². The highest BCUT2D eigenvalue weighted by molar-refractivity contribution is 5.65. The zero-order valence-corrected chi connectivity index (χ0v) is 17.6. The largest absolute Gasteiger partial charge is 0.544 e. The van der Waals surface area contributed by atoms with Gasteiger partial charge in [-0.15, -0.1) is 0 Å². The Hall–Kier alpha value is -0.650. The Labute approximate surface area is 161 Å². The molecular weight excluding hydrogens is 328 g/mol. The highest BCUT2D eigenvalue weighted by Crippen LogP contribution is 2.15. The van der Waals surface area contributed by atoms with Crippen molar-refractivity contribution in [1.29, 1.82) is 0 Å². The second-order valence-electron chi connectivity index (χ2n) is 7.81. The maximum absolute atomic E-state index is 11.0. The Morgan fingerprint density at radius 3 is 1.81 bits per heavy atom. The number of nitrogens with one attached hydrogen (secondary N) is 1. The number of hydrogen-bond donors (Lipinski definition) is 2. The summed E-state index contributed by atoms with van der Waals surface area (Å²) in [6.07, 6.45) is 14.8. The minimum Gasteiger partial charge on any atom is -0.544 e. The van der Waals surface area contributed by atoms with Gasteiger partial charge in [-0.25, -0.2) is 5.48 Å². The predicted molar refractivity (Wildman–Crippen MR) is 106 cm³/mol. The molecule has 0 aromatic carbocycles. The van der Waals surface area contributed by atoms with E-state index in [2.05, 4.69) is 12.4 Å². The van der Waals surface area contributed by atoms with Gasteiger partial charge in [0, 0.05) is 12.5 Å². The molecule has 0 aromatic heterocycles. The van der Waals surface area contributed by atoms with Gasteiger partial charge in [0.1, 0.15) is 6.54 Å². The third kappa shape index (κ3) is 12.7. The lowest BCUT2D eigenvalue weighted by Crippen LogP contribution is -2.55. The SMILES string of the molecule is CCCCCCCCCCCCC(CC[N+](CC)(CC)CC(=O)[O-])NO. The zero-order valence-electron chi connectivity index (χ0n) is 17.6. The fourth-order valence-corrected chi connectivity index (χ4v) is 3.70. The highest BCUT2D eigenvalue weighted by atomic mass is 16.5. The van der Waals surface area contributed by atoms with Crippen LogP contribution in [0.5, 0.6) is 0 Å². The maximum Gasteiger partial charge on any atom is 0.119 e. The molecule has 0 spiro atoms. The number of nitrogens with zero attached hydrogens (tertiary/aromatic N) is 1. The first-order chi connectivity index (χ1) is 12.5. The lowest BCUT2D eigenvalue weighted by molar-refractivity contribution is -0.919. The number of carbonyl (C=O) groups excluding carboxylic acids is 1. The van der Waals surface area contributed by atoms with E-state index in [0.29, 0.717) is 4.48 Å². The molecule has 0 rings (SSSR count). The summed E-state index contributed by atoms with van der Waals surface area (Å²) in [5, 5.41) is 20.4. The third-order valence-corrected chi connectivity index (χ3v) is 5.85. The summed E-state index contributed by atoms with van der Waals surface area (Å²) < 4.78 is 0.526. The second kappa shape index (κ2) is 16.5. The number of unbranched alkanes of at least 4 members (excludes halogenated alkanes) is 9. The molecule has 0 heterocycles. The monoisotopic (exact) mass is 372 g/mol. The van der Waals surface area contributed by atoms with Crippen molar-refractivity contribution in [2.24, 2.45) is 0 Å². The summed E-state index contributed by atoms with van der Waals surface area (Å²) in [6, 6.07) is 0.0568. The number of carboxylic acids is 1. The fourth-order valence-electron chi connectivity index (χ4n) is 3.70. The molecule has 0 saturated carbocycles. The van der Waals surface area contributed by atoms with E-state index in [-0.39, 0.29) is 12.6 Å². The van der Waals surface area contributed by atoms with E-state index in [9.17, 15) is 15.1 Å². The van der Waals surface area contributed by atoms with Crippen molar-refractivity contribution >= 4 is 5.97 Å². The molecule has 0 aliphatic heterocycles. The van der Waals surface area contributed by atoms with Gasteiger partial charge < -0.3 is 19.6 Å². The standard InChI is InChI=1S/C21H44N2O3/c1-4-7-8-9-10-11-12-13-14-15-16-20(22-26)17-18-23(5-2,6-3)19-21(24)25/h20,22,26H,4-19H2,1-3H3. The van der Waals surface area contributed by atoms with Gasteiger partial charge in [-0.2, -0.15) is 0 Å². The molecule has 5 heteroatoms. The van der Waals surface area contributed by atoms with E-state index < -0.39 is 5.97 Å². The minimum absolute atomic E-state index is 0.0568. The van der Waals surface area contributed by atoms with Gasteiger partial charge in [-0.05, 0) is 20.3 Å². The maximum atomic E-state index is 11.0. The molecule has 0 aromatic rings. The molecular formula is C21H44N2O3. The number of likely N-dealkylation sites (N-methyl/N-ethyl adjacent to an activating group) is 1. The van der Waals surface area contributed by atoms with E-state index >= 15 is 0 Å². The van der Waals surface area contributed by atoms with Crippen LogP contribution in [0, 0.1) is 0 Å². The van der Waals surface area contributed by atoms with Crippen LogP contribution >= 0.6 is 0 Å². The zero-order chi connectivity index (χ0) is 19.7. The number of quaternary nitrogens is 1. The average molecular weight is 373 g/mol. The van der Waals surface area contributed by atoms with Crippen molar-refractivity contribution in [2.75, 3.05) is 26.2 Å². The van der Waals surface area contributed by atoms with E-state index in [1.54, 1.807) is 0 Å². The number of carboxylic acid groups (broad SMARTS) is 1. The van der Waals surface area contributed by atoms with Gasteiger partial charge in [0.15, 0.2) is 0 Å². The quantitative estimate of drug-likeness (QED) is 0.206. The third-order valence-electron chi connectivity index (χ3n) is 5.85. The Kier molecular flexibility index (Phi) is 16.1. The van der Waals surface area contributed by atoms with Crippen molar-refractivity contribution in [3.05, 3.63) is 0 Å². The van der Waals surface area contributed by atoms with Crippen LogP contribution in [-0.2, 0) is 4.79 Å². The van der Waals surface area contributed by atoms with Crippen molar-refractivity contribution in [3.63, 3.8) is 0 Å². The molecule has 0 radical (unpaired) electrons. The fraction of sp³-hybridized carbons (Fsp3) is 0.952. The van der Waals surface area contributed by atoms with Crippen LogP contribution in [0.2, 0.25) is 0 Å². The molecule has 0 bridgehead atoms. The van der Waals surface area contributed by atoms with Crippen molar-refractivity contribution in [1.82, 2.24) is 5.48 Å². The van der Waals surface area contributed by atoms with Crippen molar-refractivity contribution in [3.8, 4) is 0 Å². The first-order valence-corrected chi connectivity index (χ1v) is 11.0. The smallest absolute Gasteiger partial charge is 0.119 e. The lowest BCUT2D eigenvalue weighted by atomic mass is 10.0. The van der Waals surface area contributed by atoms with Gasteiger partial charge in [0.2, 0.25) is 0 Å². The van der Waals surface area contributed by atoms with Crippen LogP contribution in [0.4, 0.5) is 0 Å². The van der Waals surface area contributed by atoms with Gasteiger partial charge >= 0.3 is 0 Å². The summed E-state index contributed by atoms with van der Waals surface area (Å²) in [5.41, 5.74) is 2.43. The number of rotatable bonds is 19. The lowest BCUT2D eigenvalue weighted by Gasteiger charge is -2.38. The molecule has 5 nitrogen and oxygen atoms in total. The molecule has 0 fully saturated rings. The summed E-state index contributed by atoms with van der Waals surface area (Å²) in [4.78, 5) is 11.0. The van der Waals surface area contributed by atoms with Gasteiger partial charge in [-0.3, -0.25) is 0 Å². The predicted octanol–water partition coefficient (Wildman–Crippen LogP) is 3.64. The van der Waals surface area contributed by atoms with Crippen LogP contribution in [0.25, 0.3) is 0 Å². The molecule has 156 valence electrons. The Morgan fingerprint density at radius 2 is 1.38 bits per heavy atom. The number of carbonyl (C=O) groups is 1. The molecule has 26 heavy (non-hydrogen) atoms. The highest BCUT2D eigenvalue weighted by Gasteiger charge is 2.24. The van der Waals surface area contributed by atoms with Crippen LogP contribution in [-0.4, -0.2) is 47.9 Å². The Bertz CT molecular complexity index is 333. The van der Waals surface area contributed by atoms with E-state index in [1.807, 2.05) is 13.8 Å². The van der Waals surface area contributed by atoms with Crippen molar-refractivity contribution in [2.45, 2.75) is 104 Å². The van der Waals surface area contributed by atoms with Crippen LogP contribution < -0.4 is 10.6 Å². The number of hydroxylamine groups is 1. The summed E-state index contributed by atoms with van der Waals surface area (Å²) in [5.74, 6) is -0.989.